The van der Waals surface area contributed by atoms with E-state index in [4.69, 9.17) is 20.1 Å². The minimum atomic E-state index is -1.35. The maximum absolute atomic E-state index is 9.81. The summed E-state index contributed by atoms with van der Waals surface area (Å²) in [7, 11) is 0. The number of hydrogen-bond donors (Lipinski definition) is 3. The largest absolute Gasteiger partial charge is 0.509 e. The summed E-state index contributed by atoms with van der Waals surface area (Å²) in [6.07, 6.45) is -1.07. The van der Waals surface area contributed by atoms with Gasteiger partial charge in [0.05, 0.1) is 0 Å². The van der Waals surface area contributed by atoms with Gasteiger partial charge in [-0.2, -0.15) is 0 Å². The number of carboxylic acids is 1. The van der Waals surface area contributed by atoms with Crippen LogP contribution in [-0.4, -0.2) is 33.7 Å². The Morgan fingerprint density at radius 2 is 1.54 bits per heavy atom. The fraction of sp³-hybridized carbons (Fsp3) is 0.500. The van der Waals surface area contributed by atoms with E-state index in [1.54, 1.807) is 13.8 Å². The van der Waals surface area contributed by atoms with Gasteiger partial charge in [-0.1, -0.05) is 0 Å². The SMILES string of the molecule is CC(=O)O.CC(C)=C(O)[C@@H](O)C=O. The molecule has 0 spiro atoms. The first-order valence-corrected chi connectivity index (χ1v) is 3.52. The number of aliphatic hydroxyl groups excluding tert-OH is 2. The summed E-state index contributed by atoms with van der Waals surface area (Å²) in [5.41, 5.74) is 0.551. The molecule has 13 heavy (non-hydrogen) atoms. The molecule has 0 heterocycles. The van der Waals surface area contributed by atoms with Crippen molar-refractivity contribution < 1.29 is 24.9 Å². The van der Waals surface area contributed by atoms with Crippen LogP contribution in [0.15, 0.2) is 11.3 Å². The molecule has 76 valence electrons. The first kappa shape index (κ1) is 14.2. The zero-order valence-corrected chi connectivity index (χ0v) is 7.81. The van der Waals surface area contributed by atoms with Crippen molar-refractivity contribution in [3.8, 4) is 0 Å². The summed E-state index contributed by atoms with van der Waals surface area (Å²) in [5.74, 6) is -1.09. The summed E-state index contributed by atoms with van der Waals surface area (Å²) in [4.78, 5) is 18.8. The summed E-state index contributed by atoms with van der Waals surface area (Å²) in [6.45, 7) is 4.31. The van der Waals surface area contributed by atoms with Crippen LogP contribution in [0.4, 0.5) is 0 Å². The molecule has 1 atom stereocenters. The summed E-state index contributed by atoms with van der Waals surface area (Å²) in [6, 6.07) is 0. The van der Waals surface area contributed by atoms with Gasteiger partial charge in [0.1, 0.15) is 5.76 Å². The molecule has 0 aliphatic carbocycles. The maximum Gasteiger partial charge on any atom is 0.300 e. The standard InChI is InChI=1S/C6H10O3.C2H4O2/c1-4(2)6(9)5(8)3-7;1-2(3)4/h3,5,8-9H,1-2H3;1H3,(H,3,4)/t5-;/m0./s1. The van der Waals surface area contributed by atoms with Crippen molar-refractivity contribution in [3.63, 3.8) is 0 Å². The van der Waals surface area contributed by atoms with Crippen molar-refractivity contribution in [2.45, 2.75) is 26.9 Å². The summed E-state index contributed by atoms with van der Waals surface area (Å²) in [5, 5.41) is 24.8. The lowest BCUT2D eigenvalue weighted by Gasteiger charge is -2.01. The molecule has 5 heteroatoms. The quantitative estimate of drug-likeness (QED) is 0.435. The molecule has 0 aliphatic heterocycles. The van der Waals surface area contributed by atoms with Gasteiger partial charge in [0.25, 0.3) is 5.97 Å². The molecular formula is C8H14O5. The number of carbonyl (C=O) groups is 2. The van der Waals surface area contributed by atoms with Gasteiger partial charge >= 0.3 is 0 Å². The van der Waals surface area contributed by atoms with E-state index >= 15 is 0 Å². The first-order chi connectivity index (χ1) is 5.82. The second-order valence-electron chi connectivity index (χ2n) is 2.49. The van der Waals surface area contributed by atoms with Crippen LogP contribution in [-0.2, 0) is 9.59 Å². The third-order valence-electron chi connectivity index (χ3n) is 0.921. The van der Waals surface area contributed by atoms with Gasteiger partial charge in [-0.15, -0.1) is 0 Å². The monoisotopic (exact) mass is 190 g/mol. The van der Waals surface area contributed by atoms with Crippen molar-refractivity contribution in [2.75, 3.05) is 0 Å². The van der Waals surface area contributed by atoms with Gasteiger partial charge < -0.3 is 15.3 Å². The molecule has 3 N–H and O–H groups in total. The van der Waals surface area contributed by atoms with Gasteiger partial charge in [0.2, 0.25) is 0 Å². The maximum atomic E-state index is 9.81. The smallest absolute Gasteiger partial charge is 0.300 e. The van der Waals surface area contributed by atoms with Gasteiger partial charge in [-0.05, 0) is 19.4 Å². The first-order valence-electron chi connectivity index (χ1n) is 3.52. The lowest BCUT2D eigenvalue weighted by atomic mass is 10.2. The number of allylic oxidation sites excluding steroid dienone is 1. The van der Waals surface area contributed by atoms with Gasteiger partial charge in [-0.3, -0.25) is 9.59 Å². The number of carboxylic acid groups (broad SMARTS) is 1. The van der Waals surface area contributed by atoms with E-state index < -0.39 is 12.1 Å². The molecule has 0 aromatic carbocycles. The van der Waals surface area contributed by atoms with E-state index in [-0.39, 0.29) is 12.0 Å². The predicted octanol–water partition coefficient (Wildman–Crippen LogP) is 0.489. The highest BCUT2D eigenvalue weighted by Gasteiger charge is 2.07. The zero-order valence-electron chi connectivity index (χ0n) is 7.81. The van der Waals surface area contributed by atoms with Gasteiger partial charge in [0.15, 0.2) is 12.4 Å². The molecule has 0 unspecified atom stereocenters. The second kappa shape index (κ2) is 7.30. The van der Waals surface area contributed by atoms with Gasteiger partial charge in [0, 0.05) is 6.92 Å². The molecule has 0 rings (SSSR count). The number of aliphatic hydroxyl groups is 2. The molecule has 0 aromatic rings. The molecular weight excluding hydrogens is 176 g/mol. The van der Waals surface area contributed by atoms with E-state index in [0.717, 1.165) is 6.92 Å². The fourth-order valence-corrected chi connectivity index (χ4v) is 0.360. The summed E-state index contributed by atoms with van der Waals surface area (Å²) < 4.78 is 0. The van der Waals surface area contributed by atoms with Crippen molar-refractivity contribution in [3.05, 3.63) is 11.3 Å². The summed E-state index contributed by atoms with van der Waals surface area (Å²) >= 11 is 0. The number of rotatable bonds is 2. The Morgan fingerprint density at radius 3 is 1.62 bits per heavy atom. The van der Waals surface area contributed by atoms with Crippen LogP contribution in [0.3, 0.4) is 0 Å². The minimum absolute atomic E-state index is 0.259. The lowest BCUT2D eigenvalue weighted by Crippen LogP contribution is -2.12. The Balaban J connectivity index is 0. The molecule has 0 aromatic heterocycles. The van der Waals surface area contributed by atoms with E-state index in [1.807, 2.05) is 0 Å². The van der Waals surface area contributed by atoms with Crippen molar-refractivity contribution in [2.24, 2.45) is 0 Å². The Hall–Kier alpha value is -1.36. The van der Waals surface area contributed by atoms with Crippen LogP contribution in [0.2, 0.25) is 0 Å². The van der Waals surface area contributed by atoms with E-state index in [0.29, 0.717) is 5.57 Å². The molecule has 0 amide bonds. The number of carbonyl (C=O) groups excluding carboxylic acids is 1. The highest BCUT2D eigenvalue weighted by molar-refractivity contribution is 5.63. The molecule has 5 nitrogen and oxygen atoms in total. The van der Waals surface area contributed by atoms with Gasteiger partial charge in [-0.25, -0.2) is 0 Å². The lowest BCUT2D eigenvalue weighted by molar-refractivity contribution is -0.134. The average molecular weight is 190 g/mol. The van der Waals surface area contributed by atoms with E-state index in [9.17, 15) is 4.79 Å². The van der Waals surface area contributed by atoms with Crippen molar-refractivity contribution in [1.29, 1.82) is 0 Å². The predicted molar refractivity (Wildman–Crippen MR) is 46.4 cm³/mol. The van der Waals surface area contributed by atoms with Crippen LogP contribution >= 0.6 is 0 Å². The third kappa shape index (κ3) is 10.6. The number of aldehydes is 1. The molecule has 0 aliphatic rings. The third-order valence-corrected chi connectivity index (χ3v) is 0.921. The Labute approximate surface area is 76.3 Å². The topological polar surface area (TPSA) is 94.8 Å². The van der Waals surface area contributed by atoms with E-state index in [1.165, 1.54) is 0 Å². The Morgan fingerprint density at radius 1 is 1.23 bits per heavy atom. The highest BCUT2D eigenvalue weighted by atomic mass is 16.4. The molecule has 0 saturated carbocycles. The van der Waals surface area contributed by atoms with Crippen LogP contribution < -0.4 is 0 Å². The highest BCUT2D eigenvalue weighted by Crippen LogP contribution is 2.01. The normalized spacial score (nSPS) is 10.5. The molecule has 0 saturated heterocycles. The fourth-order valence-electron chi connectivity index (χ4n) is 0.360. The van der Waals surface area contributed by atoms with Crippen LogP contribution in [0.5, 0.6) is 0 Å². The minimum Gasteiger partial charge on any atom is -0.509 e. The average Bonchev–Trinajstić information content (AvgIpc) is 2.00. The number of aliphatic carboxylic acids is 1. The Bertz CT molecular complexity index is 199. The van der Waals surface area contributed by atoms with E-state index in [2.05, 4.69) is 0 Å². The molecule has 0 bridgehead atoms. The molecule has 0 radical (unpaired) electrons. The van der Waals surface area contributed by atoms with Crippen LogP contribution in [0, 0.1) is 0 Å². The zero-order chi connectivity index (χ0) is 11.0. The second-order valence-corrected chi connectivity index (χ2v) is 2.49. The van der Waals surface area contributed by atoms with Crippen LogP contribution in [0.1, 0.15) is 20.8 Å². The Kier molecular flexibility index (Phi) is 7.96. The van der Waals surface area contributed by atoms with Crippen molar-refractivity contribution >= 4 is 12.3 Å². The van der Waals surface area contributed by atoms with Crippen LogP contribution in [0.25, 0.3) is 0 Å². The van der Waals surface area contributed by atoms with Crippen molar-refractivity contribution in [1.82, 2.24) is 0 Å². The molecule has 0 fully saturated rings. The number of hydrogen-bond acceptors (Lipinski definition) is 4.